The lowest BCUT2D eigenvalue weighted by molar-refractivity contribution is 0.599. The Labute approximate surface area is 95.7 Å². The Hall–Kier alpha value is -1.40. The number of hydrogen-bond acceptors (Lipinski definition) is 3. The van der Waals surface area contributed by atoms with Crippen LogP contribution in [0.4, 0.5) is 4.39 Å². The number of benzene rings is 1. The van der Waals surface area contributed by atoms with Crippen molar-refractivity contribution in [1.82, 2.24) is 9.55 Å². The van der Waals surface area contributed by atoms with E-state index in [2.05, 4.69) is 4.98 Å². The highest BCUT2D eigenvalue weighted by atomic mass is 35.7. The van der Waals surface area contributed by atoms with Crippen LogP contribution >= 0.6 is 10.7 Å². The van der Waals surface area contributed by atoms with E-state index in [-0.39, 0.29) is 10.6 Å². The second-order valence-electron chi connectivity index (χ2n) is 3.02. The lowest BCUT2D eigenvalue weighted by atomic mass is 10.3. The molecule has 0 radical (unpaired) electrons. The monoisotopic (exact) mass is 260 g/mol. The molecule has 16 heavy (non-hydrogen) atoms. The van der Waals surface area contributed by atoms with Gasteiger partial charge in [0, 0.05) is 23.1 Å². The van der Waals surface area contributed by atoms with Crippen LogP contribution in [-0.4, -0.2) is 18.0 Å². The normalized spacial score (nSPS) is 11.6. The summed E-state index contributed by atoms with van der Waals surface area (Å²) in [6.45, 7) is 0. The van der Waals surface area contributed by atoms with Crippen molar-refractivity contribution in [2.45, 2.75) is 4.90 Å². The van der Waals surface area contributed by atoms with E-state index in [1.165, 1.54) is 29.2 Å². The Morgan fingerprint density at radius 2 is 2.12 bits per heavy atom. The highest BCUT2D eigenvalue weighted by Crippen LogP contribution is 2.20. The van der Waals surface area contributed by atoms with Crippen molar-refractivity contribution < 1.29 is 12.8 Å². The van der Waals surface area contributed by atoms with Crippen molar-refractivity contribution in [3.63, 3.8) is 0 Å². The minimum Gasteiger partial charge on any atom is -0.303 e. The van der Waals surface area contributed by atoms with Gasteiger partial charge in [0.15, 0.2) is 0 Å². The van der Waals surface area contributed by atoms with Crippen LogP contribution in [0.25, 0.3) is 5.69 Å². The van der Waals surface area contributed by atoms with Crippen molar-refractivity contribution >= 4 is 19.7 Å². The Balaban J connectivity index is 2.54. The molecule has 0 N–H and O–H groups in total. The van der Waals surface area contributed by atoms with Gasteiger partial charge >= 0.3 is 0 Å². The quantitative estimate of drug-likeness (QED) is 0.776. The van der Waals surface area contributed by atoms with Gasteiger partial charge in [0.1, 0.15) is 5.82 Å². The molecular formula is C9H6ClFN2O2S. The third-order valence-corrected chi connectivity index (χ3v) is 3.33. The predicted molar refractivity (Wildman–Crippen MR) is 56.6 cm³/mol. The molecule has 84 valence electrons. The highest BCUT2D eigenvalue weighted by Gasteiger charge is 2.13. The summed E-state index contributed by atoms with van der Waals surface area (Å²) in [5.74, 6) is -0.681. The number of rotatable bonds is 2. The zero-order chi connectivity index (χ0) is 11.8. The number of imidazole rings is 1. The second-order valence-corrected chi connectivity index (χ2v) is 5.59. The average molecular weight is 261 g/mol. The van der Waals surface area contributed by atoms with E-state index in [0.717, 1.165) is 6.07 Å². The molecule has 0 aliphatic heterocycles. The van der Waals surface area contributed by atoms with Crippen molar-refractivity contribution in [3.05, 3.63) is 42.7 Å². The fraction of sp³-hybridized carbons (Fsp3) is 0. The summed E-state index contributed by atoms with van der Waals surface area (Å²) < 4.78 is 36.9. The minimum absolute atomic E-state index is 0.210. The first kappa shape index (κ1) is 11.1. The number of nitrogens with zero attached hydrogens (tertiary/aromatic N) is 2. The van der Waals surface area contributed by atoms with E-state index < -0.39 is 14.9 Å². The van der Waals surface area contributed by atoms with Gasteiger partial charge in [-0.3, -0.25) is 0 Å². The molecule has 0 unspecified atom stereocenters. The summed E-state index contributed by atoms with van der Waals surface area (Å²) in [7, 11) is 1.19. The second kappa shape index (κ2) is 3.88. The minimum atomic E-state index is -3.90. The van der Waals surface area contributed by atoms with Crippen molar-refractivity contribution in [2.24, 2.45) is 0 Å². The maximum atomic E-state index is 13.6. The molecule has 7 heteroatoms. The fourth-order valence-corrected chi connectivity index (χ4v) is 2.01. The fourth-order valence-electron chi connectivity index (χ4n) is 1.25. The summed E-state index contributed by atoms with van der Waals surface area (Å²) in [5, 5.41) is 0. The van der Waals surface area contributed by atoms with Gasteiger partial charge in [-0.1, -0.05) is 0 Å². The van der Waals surface area contributed by atoms with Crippen LogP contribution in [-0.2, 0) is 9.05 Å². The topological polar surface area (TPSA) is 52.0 Å². The largest absolute Gasteiger partial charge is 0.303 e. The molecular weight excluding hydrogens is 255 g/mol. The van der Waals surface area contributed by atoms with Crippen LogP contribution in [0.3, 0.4) is 0 Å². The third kappa shape index (κ3) is 2.07. The first-order valence-corrected chi connectivity index (χ1v) is 6.52. The van der Waals surface area contributed by atoms with E-state index >= 15 is 0 Å². The summed E-state index contributed by atoms with van der Waals surface area (Å²) in [6, 6.07) is 3.44. The summed E-state index contributed by atoms with van der Waals surface area (Å²) in [6.07, 6.45) is 4.45. The molecule has 0 amide bonds. The molecule has 0 fully saturated rings. The lowest BCUT2D eigenvalue weighted by Crippen LogP contribution is -1.98. The van der Waals surface area contributed by atoms with Crippen LogP contribution in [0.2, 0.25) is 0 Å². The molecule has 1 heterocycles. The Morgan fingerprint density at radius 3 is 2.62 bits per heavy atom. The number of aromatic nitrogens is 2. The van der Waals surface area contributed by atoms with E-state index in [9.17, 15) is 12.8 Å². The Morgan fingerprint density at radius 1 is 1.38 bits per heavy atom. The zero-order valence-electron chi connectivity index (χ0n) is 7.84. The molecule has 0 atom stereocenters. The van der Waals surface area contributed by atoms with Crippen molar-refractivity contribution in [3.8, 4) is 5.69 Å². The van der Waals surface area contributed by atoms with Crippen molar-refractivity contribution in [1.29, 1.82) is 0 Å². The molecule has 1 aromatic heterocycles. The maximum absolute atomic E-state index is 13.6. The van der Waals surface area contributed by atoms with Gasteiger partial charge in [0.25, 0.3) is 9.05 Å². The smallest absolute Gasteiger partial charge is 0.261 e. The predicted octanol–water partition coefficient (Wildman–Crippen LogP) is 1.94. The van der Waals surface area contributed by atoms with Gasteiger partial charge in [-0.2, -0.15) is 0 Å². The first-order chi connectivity index (χ1) is 7.48. The SMILES string of the molecule is O=S(=O)(Cl)c1ccc(-n2ccnc2)c(F)c1. The molecule has 2 aromatic rings. The van der Waals surface area contributed by atoms with E-state index in [1.54, 1.807) is 6.20 Å². The van der Waals surface area contributed by atoms with Gasteiger partial charge < -0.3 is 4.57 Å². The zero-order valence-corrected chi connectivity index (χ0v) is 9.41. The van der Waals surface area contributed by atoms with E-state index in [1.807, 2.05) is 0 Å². The van der Waals surface area contributed by atoms with E-state index in [4.69, 9.17) is 10.7 Å². The lowest BCUT2D eigenvalue weighted by Gasteiger charge is -2.04. The molecule has 0 spiro atoms. The molecule has 0 aliphatic carbocycles. The molecule has 0 saturated heterocycles. The average Bonchev–Trinajstić information content (AvgIpc) is 2.69. The molecule has 4 nitrogen and oxygen atoms in total. The van der Waals surface area contributed by atoms with Gasteiger partial charge in [0.2, 0.25) is 0 Å². The first-order valence-electron chi connectivity index (χ1n) is 4.21. The van der Waals surface area contributed by atoms with E-state index in [0.29, 0.717) is 0 Å². The molecule has 0 aliphatic rings. The molecule has 0 saturated carbocycles. The van der Waals surface area contributed by atoms with Gasteiger partial charge in [0.05, 0.1) is 16.9 Å². The van der Waals surface area contributed by atoms with Crippen LogP contribution in [0.1, 0.15) is 0 Å². The van der Waals surface area contributed by atoms with Crippen LogP contribution in [0.15, 0.2) is 41.8 Å². The summed E-state index contributed by atoms with van der Waals surface area (Å²) >= 11 is 0. The molecule has 1 aromatic carbocycles. The number of halogens is 2. The van der Waals surface area contributed by atoms with Gasteiger partial charge in [-0.25, -0.2) is 17.8 Å². The number of hydrogen-bond donors (Lipinski definition) is 0. The van der Waals surface area contributed by atoms with Crippen molar-refractivity contribution in [2.75, 3.05) is 0 Å². The van der Waals surface area contributed by atoms with Gasteiger partial charge in [-0.15, -0.1) is 0 Å². The maximum Gasteiger partial charge on any atom is 0.261 e. The Kier molecular flexibility index (Phi) is 2.69. The Bertz CT molecular complexity index is 610. The summed E-state index contributed by atoms with van der Waals surface area (Å²) in [4.78, 5) is 3.49. The summed E-state index contributed by atoms with van der Waals surface area (Å²) in [5.41, 5.74) is 0.210. The van der Waals surface area contributed by atoms with Crippen LogP contribution in [0, 0.1) is 5.82 Å². The van der Waals surface area contributed by atoms with Gasteiger partial charge in [-0.05, 0) is 18.2 Å². The van der Waals surface area contributed by atoms with Crippen LogP contribution < -0.4 is 0 Å². The standard InChI is InChI=1S/C9H6ClFN2O2S/c10-16(14,15)7-1-2-9(8(11)5-7)13-4-3-12-6-13/h1-6H. The molecule has 2 rings (SSSR count). The third-order valence-electron chi connectivity index (χ3n) is 1.98. The van der Waals surface area contributed by atoms with Crippen LogP contribution in [0.5, 0.6) is 0 Å². The highest BCUT2D eigenvalue weighted by molar-refractivity contribution is 8.13. The molecule has 0 bridgehead atoms.